The molecule has 0 aliphatic heterocycles. The molecule has 0 aliphatic carbocycles. The molecule has 108 valence electrons. The predicted molar refractivity (Wildman–Crippen MR) is 89.0 cm³/mol. The fourth-order valence-electron chi connectivity index (χ4n) is 1.67. The smallest absolute Gasteiger partial charge is 0.179 e. The maximum Gasteiger partial charge on any atom is 0.179 e. The minimum absolute atomic E-state index is 0.509. The van der Waals surface area contributed by atoms with Gasteiger partial charge in [0.15, 0.2) is 8.68 Å². The van der Waals surface area contributed by atoms with Crippen LogP contribution in [-0.4, -0.2) is 22.5 Å². The molecule has 0 radical (unpaired) electrons. The molecule has 0 bridgehead atoms. The van der Waals surface area contributed by atoms with E-state index in [0.717, 1.165) is 15.2 Å². The highest BCUT2D eigenvalue weighted by Gasteiger charge is 2.07. The Kier molecular flexibility index (Phi) is 5.89. The van der Waals surface area contributed by atoms with Crippen molar-refractivity contribution >= 4 is 34.9 Å². The number of rotatable bonds is 6. The Morgan fingerprint density at radius 1 is 1.25 bits per heavy atom. The SMILES string of the molecule is CSc1nnc(Sc2ccc(CNC(C)C)c(C)c2)s1. The van der Waals surface area contributed by atoms with E-state index in [2.05, 4.69) is 54.5 Å². The highest BCUT2D eigenvalue weighted by atomic mass is 32.2. The van der Waals surface area contributed by atoms with Crippen molar-refractivity contribution in [3.63, 3.8) is 0 Å². The fraction of sp³-hybridized carbons (Fsp3) is 0.429. The summed E-state index contributed by atoms with van der Waals surface area (Å²) in [6.07, 6.45) is 2.02. The van der Waals surface area contributed by atoms with Crippen molar-refractivity contribution in [2.45, 2.75) is 46.9 Å². The Balaban J connectivity index is 2.04. The third kappa shape index (κ3) is 4.48. The van der Waals surface area contributed by atoms with Gasteiger partial charge in [-0.1, -0.05) is 54.8 Å². The van der Waals surface area contributed by atoms with E-state index in [9.17, 15) is 0 Å². The quantitative estimate of drug-likeness (QED) is 0.805. The van der Waals surface area contributed by atoms with Gasteiger partial charge in [0.2, 0.25) is 0 Å². The van der Waals surface area contributed by atoms with Gasteiger partial charge in [-0.3, -0.25) is 0 Å². The van der Waals surface area contributed by atoms with Crippen LogP contribution >= 0.6 is 34.9 Å². The maximum absolute atomic E-state index is 4.19. The lowest BCUT2D eigenvalue weighted by Crippen LogP contribution is -2.22. The first-order valence-corrected chi connectivity index (χ1v) is 9.32. The summed E-state index contributed by atoms with van der Waals surface area (Å²) in [5.41, 5.74) is 2.67. The standard InChI is InChI=1S/C14H19N3S3/c1-9(2)15-8-11-5-6-12(7-10(11)3)19-14-17-16-13(18-4)20-14/h5-7,9,15H,8H2,1-4H3. The predicted octanol–water partition coefficient (Wildman–Crippen LogP) is 4.22. The number of aryl methyl sites for hydroxylation is 1. The monoisotopic (exact) mass is 325 g/mol. The van der Waals surface area contributed by atoms with Gasteiger partial charge in [-0.2, -0.15) is 0 Å². The molecule has 1 aromatic carbocycles. The average Bonchev–Trinajstić information content (AvgIpc) is 2.85. The van der Waals surface area contributed by atoms with Gasteiger partial charge in [-0.05, 0) is 36.4 Å². The second-order valence-corrected chi connectivity index (χ2v) is 8.12. The number of thioether (sulfide) groups is 1. The molecule has 0 amide bonds. The molecule has 3 nitrogen and oxygen atoms in total. The number of benzene rings is 1. The minimum Gasteiger partial charge on any atom is -0.310 e. The molecule has 2 rings (SSSR count). The van der Waals surface area contributed by atoms with Gasteiger partial charge < -0.3 is 5.32 Å². The maximum atomic E-state index is 4.19. The summed E-state index contributed by atoms with van der Waals surface area (Å²) >= 11 is 4.96. The zero-order valence-electron chi connectivity index (χ0n) is 12.1. The van der Waals surface area contributed by atoms with Crippen LogP contribution in [0.3, 0.4) is 0 Å². The van der Waals surface area contributed by atoms with E-state index in [4.69, 9.17) is 0 Å². The van der Waals surface area contributed by atoms with E-state index < -0.39 is 0 Å². The summed E-state index contributed by atoms with van der Waals surface area (Å²) in [5, 5.41) is 11.8. The number of nitrogens with one attached hydrogen (secondary N) is 1. The van der Waals surface area contributed by atoms with Crippen molar-refractivity contribution in [2.75, 3.05) is 6.26 Å². The van der Waals surface area contributed by atoms with E-state index in [1.807, 2.05) is 6.26 Å². The van der Waals surface area contributed by atoms with Crippen LogP contribution in [0, 0.1) is 6.92 Å². The molecule has 0 saturated carbocycles. The number of hydrogen-bond acceptors (Lipinski definition) is 6. The van der Waals surface area contributed by atoms with Crippen molar-refractivity contribution in [3.05, 3.63) is 29.3 Å². The Morgan fingerprint density at radius 2 is 2.00 bits per heavy atom. The normalized spacial score (nSPS) is 11.2. The lowest BCUT2D eigenvalue weighted by molar-refractivity contribution is 0.587. The lowest BCUT2D eigenvalue weighted by Gasteiger charge is -2.11. The van der Waals surface area contributed by atoms with Crippen molar-refractivity contribution in [1.82, 2.24) is 15.5 Å². The molecule has 6 heteroatoms. The molecular weight excluding hydrogens is 306 g/mol. The van der Waals surface area contributed by atoms with Crippen LogP contribution in [0.5, 0.6) is 0 Å². The first-order chi connectivity index (χ1) is 9.58. The summed E-state index contributed by atoms with van der Waals surface area (Å²) in [5.74, 6) is 0. The van der Waals surface area contributed by atoms with Crippen LogP contribution in [0.1, 0.15) is 25.0 Å². The van der Waals surface area contributed by atoms with Crippen LogP contribution in [0.25, 0.3) is 0 Å². The highest BCUT2D eigenvalue weighted by molar-refractivity contribution is 8.03. The van der Waals surface area contributed by atoms with Crippen molar-refractivity contribution in [3.8, 4) is 0 Å². The third-order valence-corrected chi connectivity index (χ3v) is 5.72. The lowest BCUT2D eigenvalue weighted by atomic mass is 10.1. The van der Waals surface area contributed by atoms with Gasteiger partial charge in [0, 0.05) is 17.5 Å². The molecule has 1 N–H and O–H groups in total. The topological polar surface area (TPSA) is 37.8 Å². The van der Waals surface area contributed by atoms with Crippen LogP contribution in [0.2, 0.25) is 0 Å². The molecule has 0 unspecified atom stereocenters. The Bertz CT molecular complexity index is 567. The Labute approximate surface area is 133 Å². The van der Waals surface area contributed by atoms with Crippen molar-refractivity contribution < 1.29 is 0 Å². The largest absolute Gasteiger partial charge is 0.310 e. The van der Waals surface area contributed by atoms with Gasteiger partial charge >= 0.3 is 0 Å². The third-order valence-electron chi connectivity index (χ3n) is 2.78. The summed E-state index contributed by atoms with van der Waals surface area (Å²) in [6.45, 7) is 7.41. The van der Waals surface area contributed by atoms with E-state index >= 15 is 0 Å². The molecule has 0 aliphatic rings. The Hall–Kier alpha value is -0.560. The first-order valence-electron chi connectivity index (χ1n) is 6.46. The van der Waals surface area contributed by atoms with E-state index in [0.29, 0.717) is 6.04 Å². The molecule has 0 spiro atoms. The fourth-order valence-corrected chi connectivity index (χ4v) is 4.18. The van der Waals surface area contributed by atoms with Crippen LogP contribution in [0.15, 0.2) is 31.8 Å². The van der Waals surface area contributed by atoms with Crippen LogP contribution in [0.4, 0.5) is 0 Å². The molecule has 1 heterocycles. The number of aromatic nitrogens is 2. The zero-order chi connectivity index (χ0) is 14.5. The minimum atomic E-state index is 0.509. The van der Waals surface area contributed by atoms with Crippen molar-refractivity contribution in [1.29, 1.82) is 0 Å². The molecule has 1 aromatic heterocycles. The van der Waals surface area contributed by atoms with Crippen LogP contribution < -0.4 is 5.32 Å². The molecular formula is C14H19N3S3. The highest BCUT2D eigenvalue weighted by Crippen LogP contribution is 2.33. The number of hydrogen-bond donors (Lipinski definition) is 1. The zero-order valence-corrected chi connectivity index (χ0v) is 14.6. The molecule has 2 aromatic rings. The summed E-state index contributed by atoms with van der Waals surface area (Å²) in [6, 6.07) is 7.09. The second kappa shape index (κ2) is 7.45. The molecule has 0 fully saturated rings. The van der Waals surface area contributed by atoms with E-state index in [1.165, 1.54) is 16.0 Å². The van der Waals surface area contributed by atoms with E-state index in [1.54, 1.807) is 34.9 Å². The number of nitrogens with zero attached hydrogens (tertiary/aromatic N) is 2. The first kappa shape index (κ1) is 15.8. The van der Waals surface area contributed by atoms with Gasteiger partial charge in [-0.25, -0.2) is 0 Å². The van der Waals surface area contributed by atoms with Gasteiger partial charge in [0.25, 0.3) is 0 Å². The van der Waals surface area contributed by atoms with Gasteiger partial charge in [0.05, 0.1) is 0 Å². The molecule has 0 atom stereocenters. The average molecular weight is 326 g/mol. The summed E-state index contributed by atoms with van der Waals surface area (Å²) in [7, 11) is 0. The summed E-state index contributed by atoms with van der Waals surface area (Å²) in [4.78, 5) is 1.22. The van der Waals surface area contributed by atoms with Crippen LogP contribution in [-0.2, 0) is 6.54 Å². The van der Waals surface area contributed by atoms with E-state index in [-0.39, 0.29) is 0 Å². The van der Waals surface area contributed by atoms with Gasteiger partial charge in [0.1, 0.15) is 0 Å². The molecule has 20 heavy (non-hydrogen) atoms. The van der Waals surface area contributed by atoms with Gasteiger partial charge in [-0.15, -0.1) is 10.2 Å². The van der Waals surface area contributed by atoms with Crippen molar-refractivity contribution in [2.24, 2.45) is 0 Å². The molecule has 0 saturated heterocycles. The summed E-state index contributed by atoms with van der Waals surface area (Å²) < 4.78 is 2.02. The second-order valence-electron chi connectivity index (χ2n) is 4.76. The Morgan fingerprint density at radius 3 is 2.60 bits per heavy atom.